The number of nitrogens with one attached hydrogen (secondary N) is 1. The number of ether oxygens (including phenoxy) is 2. The molecule has 1 spiro atoms. The van der Waals surface area contributed by atoms with Gasteiger partial charge >= 0.3 is 0 Å². The maximum Gasteiger partial charge on any atom is 0.0685 e. The number of hydrogen-bond acceptors (Lipinski definition) is 3. The van der Waals surface area contributed by atoms with Gasteiger partial charge < -0.3 is 14.8 Å². The van der Waals surface area contributed by atoms with E-state index in [1.165, 1.54) is 32.1 Å². The van der Waals surface area contributed by atoms with Gasteiger partial charge in [-0.05, 0) is 64.3 Å². The highest BCUT2D eigenvalue weighted by Gasteiger charge is 2.49. The van der Waals surface area contributed by atoms with E-state index in [1.54, 1.807) is 0 Å². The van der Waals surface area contributed by atoms with Gasteiger partial charge in [0, 0.05) is 18.6 Å². The first kappa shape index (κ1) is 15.8. The Hall–Kier alpha value is -0.120. The normalized spacial score (nSPS) is 43.7. The summed E-state index contributed by atoms with van der Waals surface area (Å²) in [4.78, 5) is 0. The van der Waals surface area contributed by atoms with E-state index in [0.717, 1.165) is 19.1 Å². The van der Waals surface area contributed by atoms with Crippen LogP contribution < -0.4 is 5.32 Å². The summed E-state index contributed by atoms with van der Waals surface area (Å²) < 4.78 is 12.3. The first-order chi connectivity index (χ1) is 10.1. The van der Waals surface area contributed by atoms with Gasteiger partial charge in [-0.1, -0.05) is 13.8 Å². The minimum atomic E-state index is 0.244. The van der Waals surface area contributed by atoms with Gasteiger partial charge in [-0.3, -0.25) is 0 Å². The summed E-state index contributed by atoms with van der Waals surface area (Å²) in [6.45, 7) is 11.1. The quantitative estimate of drug-likeness (QED) is 0.862. The SMILES string of the molecule is CCNC(C1CCOC2(CCC2)C1)C1C(C)OC(C)C1C. The Morgan fingerprint density at radius 1 is 1.19 bits per heavy atom. The predicted molar refractivity (Wildman–Crippen MR) is 85.4 cm³/mol. The zero-order valence-corrected chi connectivity index (χ0v) is 14.2. The van der Waals surface area contributed by atoms with Crippen molar-refractivity contribution in [1.29, 1.82) is 0 Å². The van der Waals surface area contributed by atoms with Gasteiger partial charge in [-0.15, -0.1) is 0 Å². The number of hydrogen-bond donors (Lipinski definition) is 1. The molecular formula is C18H33NO2. The van der Waals surface area contributed by atoms with Crippen LogP contribution in [0.15, 0.2) is 0 Å². The second-order valence-corrected chi connectivity index (χ2v) is 7.70. The molecule has 6 atom stereocenters. The van der Waals surface area contributed by atoms with Gasteiger partial charge in [-0.2, -0.15) is 0 Å². The molecule has 3 aliphatic rings. The Labute approximate surface area is 130 Å². The van der Waals surface area contributed by atoms with E-state index in [4.69, 9.17) is 9.47 Å². The van der Waals surface area contributed by atoms with Crippen molar-refractivity contribution in [3.63, 3.8) is 0 Å². The van der Waals surface area contributed by atoms with E-state index in [-0.39, 0.29) is 5.60 Å². The van der Waals surface area contributed by atoms with Crippen LogP contribution in [0.4, 0.5) is 0 Å². The fourth-order valence-corrected chi connectivity index (χ4v) is 5.06. The molecule has 3 fully saturated rings. The van der Waals surface area contributed by atoms with Crippen LogP contribution in [0.5, 0.6) is 0 Å². The van der Waals surface area contributed by atoms with Crippen molar-refractivity contribution in [3.05, 3.63) is 0 Å². The molecule has 0 aromatic carbocycles. The Kier molecular flexibility index (Phi) is 4.63. The molecule has 0 bridgehead atoms. The average Bonchev–Trinajstić information content (AvgIpc) is 2.68. The summed E-state index contributed by atoms with van der Waals surface area (Å²) in [5.41, 5.74) is 0.244. The predicted octanol–water partition coefficient (Wildman–Crippen LogP) is 3.37. The summed E-state index contributed by atoms with van der Waals surface area (Å²) in [5.74, 6) is 2.03. The zero-order chi connectivity index (χ0) is 15.0. The lowest BCUT2D eigenvalue weighted by Gasteiger charge is -2.50. The summed E-state index contributed by atoms with van der Waals surface area (Å²) in [6, 6.07) is 0.589. The molecule has 21 heavy (non-hydrogen) atoms. The molecule has 2 saturated heterocycles. The standard InChI is InChI=1S/C18H33NO2/c1-5-19-17(16-12(2)13(3)21-14(16)4)15-7-10-20-18(11-15)8-6-9-18/h12-17,19H,5-11H2,1-4H3. The third-order valence-corrected chi connectivity index (χ3v) is 6.48. The first-order valence-electron chi connectivity index (χ1n) is 9.09. The van der Waals surface area contributed by atoms with Crippen LogP contribution in [-0.2, 0) is 9.47 Å². The van der Waals surface area contributed by atoms with Crippen LogP contribution in [0, 0.1) is 17.8 Å². The van der Waals surface area contributed by atoms with Crippen LogP contribution in [0.25, 0.3) is 0 Å². The minimum absolute atomic E-state index is 0.244. The fourth-order valence-electron chi connectivity index (χ4n) is 5.06. The van der Waals surface area contributed by atoms with Gasteiger partial charge in [0.05, 0.1) is 17.8 Å². The van der Waals surface area contributed by atoms with Gasteiger partial charge in [0.25, 0.3) is 0 Å². The highest BCUT2D eigenvalue weighted by molar-refractivity contribution is 5.01. The van der Waals surface area contributed by atoms with Crippen molar-refractivity contribution in [3.8, 4) is 0 Å². The Morgan fingerprint density at radius 2 is 1.95 bits per heavy atom. The molecule has 3 nitrogen and oxygen atoms in total. The number of rotatable bonds is 4. The maximum atomic E-state index is 6.14. The molecule has 1 aliphatic carbocycles. The molecule has 1 N–H and O–H groups in total. The van der Waals surface area contributed by atoms with E-state index in [0.29, 0.717) is 30.1 Å². The highest BCUT2D eigenvalue weighted by Crippen LogP contribution is 2.47. The molecule has 0 aromatic heterocycles. The Morgan fingerprint density at radius 3 is 2.48 bits per heavy atom. The monoisotopic (exact) mass is 295 g/mol. The fraction of sp³-hybridized carbons (Fsp3) is 1.00. The van der Waals surface area contributed by atoms with Crippen LogP contribution in [0.2, 0.25) is 0 Å². The first-order valence-corrected chi connectivity index (χ1v) is 9.09. The molecule has 3 heteroatoms. The molecule has 2 heterocycles. The van der Waals surface area contributed by atoms with Crippen molar-refractivity contribution in [2.24, 2.45) is 17.8 Å². The average molecular weight is 295 g/mol. The third-order valence-electron chi connectivity index (χ3n) is 6.48. The lowest BCUT2D eigenvalue weighted by Crippen LogP contribution is -2.54. The lowest BCUT2D eigenvalue weighted by molar-refractivity contribution is -0.150. The lowest BCUT2D eigenvalue weighted by atomic mass is 9.67. The van der Waals surface area contributed by atoms with E-state index >= 15 is 0 Å². The van der Waals surface area contributed by atoms with Gasteiger partial charge in [0.15, 0.2) is 0 Å². The van der Waals surface area contributed by atoms with Crippen molar-refractivity contribution < 1.29 is 9.47 Å². The Bertz CT molecular complexity index is 355. The molecule has 1 saturated carbocycles. The molecule has 0 radical (unpaired) electrons. The van der Waals surface area contributed by atoms with Crippen molar-refractivity contribution in [2.45, 2.75) is 83.6 Å². The van der Waals surface area contributed by atoms with E-state index < -0.39 is 0 Å². The largest absolute Gasteiger partial charge is 0.375 e. The summed E-state index contributed by atoms with van der Waals surface area (Å²) in [5, 5.41) is 3.83. The van der Waals surface area contributed by atoms with Crippen LogP contribution in [0.1, 0.15) is 59.8 Å². The topological polar surface area (TPSA) is 30.5 Å². The van der Waals surface area contributed by atoms with Gasteiger partial charge in [0.1, 0.15) is 0 Å². The van der Waals surface area contributed by atoms with E-state index in [2.05, 4.69) is 33.0 Å². The van der Waals surface area contributed by atoms with Gasteiger partial charge in [0.2, 0.25) is 0 Å². The molecular weight excluding hydrogens is 262 g/mol. The Balaban J connectivity index is 1.74. The second kappa shape index (κ2) is 6.17. The third kappa shape index (κ3) is 2.89. The van der Waals surface area contributed by atoms with Crippen LogP contribution in [0.3, 0.4) is 0 Å². The highest BCUT2D eigenvalue weighted by atomic mass is 16.5. The molecule has 0 amide bonds. The van der Waals surface area contributed by atoms with E-state index in [9.17, 15) is 0 Å². The minimum Gasteiger partial charge on any atom is -0.375 e. The van der Waals surface area contributed by atoms with Crippen LogP contribution >= 0.6 is 0 Å². The molecule has 122 valence electrons. The van der Waals surface area contributed by atoms with E-state index in [1.807, 2.05) is 0 Å². The second-order valence-electron chi connectivity index (χ2n) is 7.70. The smallest absolute Gasteiger partial charge is 0.0685 e. The summed E-state index contributed by atoms with van der Waals surface area (Å²) in [7, 11) is 0. The molecule has 0 aromatic rings. The van der Waals surface area contributed by atoms with Crippen molar-refractivity contribution in [1.82, 2.24) is 5.32 Å². The van der Waals surface area contributed by atoms with Crippen LogP contribution in [-0.4, -0.2) is 37.0 Å². The van der Waals surface area contributed by atoms with Crippen molar-refractivity contribution in [2.75, 3.05) is 13.2 Å². The summed E-state index contributed by atoms with van der Waals surface area (Å²) >= 11 is 0. The molecule has 3 rings (SSSR count). The molecule has 6 unspecified atom stereocenters. The van der Waals surface area contributed by atoms with Gasteiger partial charge in [-0.25, -0.2) is 0 Å². The molecule has 2 aliphatic heterocycles. The zero-order valence-electron chi connectivity index (χ0n) is 14.2. The summed E-state index contributed by atoms with van der Waals surface area (Å²) in [6.07, 6.45) is 7.16. The maximum absolute atomic E-state index is 6.14. The van der Waals surface area contributed by atoms with Crippen molar-refractivity contribution >= 4 is 0 Å².